The number of benzene rings is 2. The third kappa shape index (κ3) is 3.97. The van der Waals surface area contributed by atoms with Gasteiger partial charge in [-0.15, -0.1) is 0 Å². The molecule has 1 amide bonds. The molecule has 0 saturated heterocycles. The number of halogens is 5. The topological polar surface area (TPSA) is 41.1 Å². The van der Waals surface area contributed by atoms with Gasteiger partial charge < -0.3 is 10.6 Å². The minimum absolute atomic E-state index is 0.161. The lowest BCUT2D eigenvalue weighted by molar-refractivity contribution is -0.114. The molecule has 116 valence electrons. The summed E-state index contributed by atoms with van der Waals surface area (Å²) >= 11 is 3.02. The number of carbonyl (C=O) groups excluding carboxylic acids is 1. The number of hydrogen-bond donors (Lipinski definition) is 2. The van der Waals surface area contributed by atoms with Crippen molar-refractivity contribution in [2.45, 2.75) is 0 Å². The van der Waals surface area contributed by atoms with Crippen molar-refractivity contribution in [2.24, 2.45) is 0 Å². The molecule has 0 aromatic heterocycles. The van der Waals surface area contributed by atoms with Gasteiger partial charge in [-0.3, -0.25) is 4.79 Å². The van der Waals surface area contributed by atoms with Crippen molar-refractivity contribution in [3.63, 3.8) is 0 Å². The van der Waals surface area contributed by atoms with E-state index in [1.807, 2.05) is 0 Å². The van der Waals surface area contributed by atoms with E-state index in [0.29, 0.717) is 6.07 Å². The van der Waals surface area contributed by atoms with Crippen LogP contribution in [-0.4, -0.2) is 12.5 Å². The molecular formula is C14H9BrF4N2O. The largest absolute Gasteiger partial charge is 0.375 e. The van der Waals surface area contributed by atoms with E-state index in [9.17, 15) is 22.4 Å². The summed E-state index contributed by atoms with van der Waals surface area (Å²) in [6.45, 7) is -0.319. The second-order valence-electron chi connectivity index (χ2n) is 4.27. The smallest absolute Gasteiger partial charge is 0.243 e. The van der Waals surface area contributed by atoms with Gasteiger partial charge in [-0.05, 0) is 34.1 Å². The van der Waals surface area contributed by atoms with Crippen LogP contribution in [0, 0.1) is 23.3 Å². The summed E-state index contributed by atoms with van der Waals surface area (Å²) in [4.78, 5) is 11.7. The Hall–Kier alpha value is -2.09. The van der Waals surface area contributed by atoms with E-state index in [0.717, 1.165) is 24.3 Å². The van der Waals surface area contributed by atoms with Crippen LogP contribution in [0.2, 0.25) is 0 Å². The summed E-state index contributed by atoms with van der Waals surface area (Å²) in [5, 5.41) is 4.80. The summed E-state index contributed by atoms with van der Waals surface area (Å²) in [7, 11) is 0. The van der Waals surface area contributed by atoms with Crippen molar-refractivity contribution in [2.75, 3.05) is 17.2 Å². The molecule has 8 heteroatoms. The highest BCUT2D eigenvalue weighted by Crippen LogP contribution is 2.25. The van der Waals surface area contributed by atoms with Gasteiger partial charge in [-0.2, -0.15) is 0 Å². The van der Waals surface area contributed by atoms with Crippen molar-refractivity contribution in [1.29, 1.82) is 0 Å². The first kappa shape index (κ1) is 16.3. The van der Waals surface area contributed by atoms with Crippen LogP contribution >= 0.6 is 15.9 Å². The number of nitrogens with one attached hydrogen (secondary N) is 2. The Balaban J connectivity index is 2.00. The average molecular weight is 377 g/mol. The van der Waals surface area contributed by atoms with Crippen molar-refractivity contribution in [1.82, 2.24) is 0 Å². The van der Waals surface area contributed by atoms with E-state index < -0.39 is 29.2 Å². The van der Waals surface area contributed by atoms with Gasteiger partial charge in [0.05, 0.1) is 17.9 Å². The van der Waals surface area contributed by atoms with Gasteiger partial charge in [0, 0.05) is 16.6 Å². The quantitative estimate of drug-likeness (QED) is 0.624. The molecule has 2 rings (SSSR count). The van der Waals surface area contributed by atoms with Gasteiger partial charge in [0.25, 0.3) is 0 Å². The van der Waals surface area contributed by atoms with Gasteiger partial charge in [-0.1, -0.05) is 0 Å². The lowest BCUT2D eigenvalue weighted by atomic mass is 10.3. The predicted molar refractivity (Wildman–Crippen MR) is 77.5 cm³/mol. The van der Waals surface area contributed by atoms with Crippen molar-refractivity contribution < 1.29 is 22.4 Å². The maximum absolute atomic E-state index is 13.4. The maximum atomic E-state index is 13.4. The van der Waals surface area contributed by atoms with Gasteiger partial charge in [0.15, 0.2) is 11.6 Å². The minimum Gasteiger partial charge on any atom is -0.375 e. The molecule has 0 aliphatic heterocycles. The first-order chi connectivity index (χ1) is 10.4. The van der Waals surface area contributed by atoms with Gasteiger partial charge in [0.2, 0.25) is 5.91 Å². The van der Waals surface area contributed by atoms with Crippen molar-refractivity contribution in [3.05, 3.63) is 58.1 Å². The Bertz CT molecular complexity index is 724. The van der Waals surface area contributed by atoms with E-state index in [1.165, 1.54) is 0 Å². The van der Waals surface area contributed by atoms with Crippen LogP contribution in [0.1, 0.15) is 0 Å². The summed E-state index contributed by atoms with van der Waals surface area (Å²) in [6.07, 6.45) is 0. The number of rotatable bonds is 4. The van der Waals surface area contributed by atoms with Crippen LogP contribution in [0.4, 0.5) is 28.9 Å². The van der Waals surface area contributed by atoms with Crippen LogP contribution < -0.4 is 10.6 Å². The van der Waals surface area contributed by atoms with Crippen molar-refractivity contribution >= 4 is 33.2 Å². The highest BCUT2D eigenvalue weighted by molar-refractivity contribution is 9.10. The standard InChI is InChI=1S/C14H9BrF4N2O/c15-8-4-9(17)10(18)5-13(8)20-6-14(22)21-12-2-1-7(16)3-11(12)19/h1-5,20H,6H2,(H,21,22). The van der Waals surface area contributed by atoms with Crippen LogP contribution in [0.25, 0.3) is 0 Å². The van der Waals surface area contributed by atoms with Crippen LogP contribution in [0.15, 0.2) is 34.8 Å². The zero-order valence-corrected chi connectivity index (χ0v) is 12.5. The minimum atomic E-state index is -1.07. The molecule has 0 unspecified atom stereocenters. The Morgan fingerprint density at radius 3 is 2.32 bits per heavy atom. The monoisotopic (exact) mass is 376 g/mol. The second-order valence-corrected chi connectivity index (χ2v) is 5.13. The third-order valence-corrected chi connectivity index (χ3v) is 3.31. The SMILES string of the molecule is O=C(CNc1cc(F)c(F)cc1Br)Nc1ccc(F)cc1F. The second kappa shape index (κ2) is 6.78. The van der Waals surface area contributed by atoms with Crippen LogP contribution in [-0.2, 0) is 4.79 Å². The van der Waals surface area contributed by atoms with Gasteiger partial charge in [-0.25, -0.2) is 17.6 Å². The first-order valence-electron chi connectivity index (χ1n) is 6.00. The Kier molecular flexibility index (Phi) is 5.02. The van der Waals surface area contributed by atoms with E-state index in [4.69, 9.17) is 0 Å². The lowest BCUT2D eigenvalue weighted by Gasteiger charge is -2.10. The average Bonchev–Trinajstić information content (AvgIpc) is 2.44. The van der Waals surface area contributed by atoms with E-state index in [-0.39, 0.29) is 22.4 Å². The summed E-state index contributed by atoms with van der Waals surface area (Å²) in [5.74, 6) is -4.42. The molecule has 2 aromatic rings. The lowest BCUT2D eigenvalue weighted by Crippen LogP contribution is -2.22. The number of carbonyl (C=O) groups is 1. The number of anilines is 2. The molecule has 22 heavy (non-hydrogen) atoms. The summed E-state index contributed by atoms with van der Waals surface area (Å²) < 4.78 is 52.4. The molecule has 0 atom stereocenters. The molecule has 0 aliphatic rings. The molecule has 0 aliphatic carbocycles. The van der Waals surface area contributed by atoms with Crippen LogP contribution in [0.3, 0.4) is 0 Å². The molecule has 0 spiro atoms. The summed E-state index contributed by atoms with van der Waals surface area (Å²) in [6, 6.07) is 4.50. The molecule has 0 heterocycles. The van der Waals surface area contributed by atoms with Gasteiger partial charge >= 0.3 is 0 Å². The fourth-order valence-corrected chi connectivity index (χ4v) is 2.07. The maximum Gasteiger partial charge on any atom is 0.243 e. The van der Waals surface area contributed by atoms with Crippen LogP contribution in [0.5, 0.6) is 0 Å². The molecule has 2 N–H and O–H groups in total. The Morgan fingerprint density at radius 1 is 0.955 bits per heavy atom. The molecule has 2 aromatic carbocycles. The molecule has 0 fully saturated rings. The number of hydrogen-bond acceptors (Lipinski definition) is 2. The molecular weight excluding hydrogens is 368 g/mol. The fourth-order valence-electron chi connectivity index (χ4n) is 1.62. The molecule has 3 nitrogen and oxygen atoms in total. The summed E-state index contributed by atoms with van der Waals surface area (Å²) in [5.41, 5.74) is -0.0221. The molecule has 0 radical (unpaired) electrons. The zero-order valence-electron chi connectivity index (χ0n) is 10.9. The Morgan fingerprint density at radius 2 is 1.64 bits per heavy atom. The van der Waals surface area contributed by atoms with Gasteiger partial charge in [0.1, 0.15) is 11.6 Å². The first-order valence-corrected chi connectivity index (χ1v) is 6.79. The normalized spacial score (nSPS) is 10.4. The highest BCUT2D eigenvalue weighted by atomic mass is 79.9. The van der Waals surface area contributed by atoms with E-state index in [2.05, 4.69) is 26.6 Å². The number of amides is 1. The predicted octanol–water partition coefficient (Wildman–Crippen LogP) is 4.06. The Labute approximate surface area is 131 Å². The van der Waals surface area contributed by atoms with E-state index >= 15 is 0 Å². The molecule has 0 bridgehead atoms. The fraction of sp³-hybridized carbons (Fsp3) is 0.0714. The van der Waals surface area contributed by atoms with E-state index in [1.54, 1.807) is 0 Å². The highest BCUT2D eigenvalue weighted by Gasteiger charge is 2.11. The third-order valence-electron chi connectivity index (χ3n) is 2.65. The zero-order chi connectivity index (χ0) is 16.3. The molecule has 0 saturated carbocycles. The van der Waals surface area contributed by atoms with Crippen molar-refractivity contribution in [3.8, 4) is 0 Å².